The summed E-state index contributed by atoms with van der Waals surface area (Å²) in [5.74, 6) is 0.366. The largest absolute Gasteiger partial charge is 0.350 e. The number of carbonyl (C=O) groups is 1. The molecule has 7 nitrogen and oxygen atoms in total. The molecule has 0 fully saturated rings. The number of halogens is 1. The molecule has 4 aromatic rings. The first-order chi connectivity index (χ1) is 13.5. The van der Waals surface area contributed by atoms with Crippen molar-refractivity contribution >= 4 is 40.0 Å². The summed E-state index contributed by atoms with van der Waals surface area (Å²) in [5.41, 5.74) is 3.53. The molecule has 1 aromatic carbocycles. The lowest BCUT2D eigenvalue weighted by Gasteiger charge is -2.07. The molecule has 0 bridgehead atoms. The fourth-order valence-electron chi connectivity index (χ4n) is 2.80. The number of pyridine rings is 1. The summed E-state index contributed by atoms with van der Waals surface area (Å²) in [6.07, 6.45) is 3.30. The van der Waals surface area contributed by atoms with Crippen LogP contribution in [0.4, 0.5) is 11.6 Å². The van der Waals surface area contributed by atoms with Gasteiger partial charge in [-0.15, -0.1) is 0 Å². The van der Waals surface area contributed by atoms with Crippen LogP contribution < -0.4 is 5.32 Å². The molecule has 0 aliphatic heterocycles. The van der Waals surface area contributed by atoms with Gasteiger partial charge in [0.15, 0.2) is 0 Å². The van der Waals surface area contributed by atoms with Crippen molar-refractivity contribution in [2.45, 2.75) is 0 Å². The van der Waals surface area contributed by atoms with Crippen LogP contribution >= 0.6 is 11.6 Å². The van der Waals surface area contributed by atoms with Crippen LogP contribution in [0.15, 0.2) is 54.9 Å². The van der Waals surface area contributed by atoms with E-state index < -0.39 is 0 Å². The van der Waals surface area contributed by atoms with Crippen molar-refractivity contribution in [3.8, 4) is 11.4 Å². The van der Waals surface area contributed by atoms with E-state index in [1.54, 1.807) is 44.7 Å². The van der Waals surface area contributed by atoms with Crippen molar-refractivity contribution in [1.29, 1.82) is 0 Å². The van der Waals surface area contributed by atoms with E-state index in [0.717, 1.165) is 16.6 Å². The zero-order chi connectivity index (χ0) is 19.7. The Labute approximate surface area is 166 Å². The van der Waals surface area contributed by atoms with Crippen molar-refractivity contribution in [1.82, 2.24) is 24.8 Å². The van der Waals surface area contributed by atoms with Gasteiger partial charge in [0.2, 0.25) is 5.95 Å². The zero-order valence-corrected chi connectivity index (χ0v) is 16.0. The molecule has 4 rings (SSSR count). The van der Waals surface area contributed by atoms with Crippen LogP contribution in [0.25, 0.3) is 22.3 Å². The highest BCUT2D eigenvalue weighted by Crippen LogP contribution is 2.24. The molecule has 0 aliphatic rings. The second-order valence-corrected chi connectivity index (χ2v) is 6.87. The van der Waals surface area contributed by atoms with Gasteiger partial charge in [0, 0.05) is 48.1 Å². The summed E-state index contributed by atoms with van der Waals surface area (Å²) in [6, 6.07) is 12.8. The van der Waals surface area contributed by atoms with Gasteiger partial charge in [-0.05, 0) is 36.4 Å². The number of nitrogens with zero attached hydrogens (tertiary/aromatic N) is 4. The molecule has 0 saturated heterocycles. The van der Waals surface area contributed by atoms with Crippen LogP contribution in [0.1, 0.15) is 10.5 Å². The summed E-state index contributed by atoms with van der Waals surface area (Å²) >= 11 is 6.03. The van der Waals surface area contributed by atoms with Crippen molar-refractivity contribution in [2.75, 3.05) is 19.4 Å². The lowest BCUT2D eigenvalue weighted by molar-refractivity contribution is 0.0823. The second-order valence-electron chi connectivity index (χ2n) is 6.43. The molecule has 0 unspecified atom stereocenters. The van der Waals surface area contributed by atoms with Gasteiger partial charge in [0.25, 0.3) is 5.91 Å². The summed E-state index contributed by atoms with van der Waals surface area (Å²) in [7, 11) is 3.44. The third-order valence-electron chi connectivity index (χ3n) is 4.16. The number of anilines is 2. The molecule has 28 heavy (non-hydrogen) atoms. The highest BCUT2D eigenvalue weighted by atomic mass is 35.5. The third-order valence-corrected chi connectivity index (χ3v) is 4.39. The lowest BCUT2D eigenvalue weighted by Crippen LogP contribution is -2.21. The van der Waals surface area contributed by atoms with Crippen LogP contribution in [-0.2, 0) is 0 Å². The minimum absolute atomic E-state index is 0.0734. The minimum Gasteiger partial charge on any atom is -0.350 e. The fourth-order valence-corrected chi connectivity index (χ4v) is 2.96. The highest BCUT2D eigenvalue weighted by molar-refractivity contribution is 6.30. The maximum atomic E-state index is 12.1. The van der Waals surface area contributed by atoms with Crippen molar-refractivity contribution < 1.29 is 4.79 Å². The number of hydrogen-bond donors (Lipinski definition) is 2. The fraction of sp³-hybridized carbons (Fsp3) is 0.100. The first-order valence-corrected chi connectivity index (χ1v) is 8.94. The maximum absolute atomic E-state index is 12.1. The van der Waals surface area contributed by atoms with Gasteiger partial charge in [-0.1, -0.05) is 17.7 Å². The monoisotopic (exact) mass is 392 g/mol. The Morgan fingerprint density at radius 1 is 1.04 bits per heavy atom. The van der Waals surface area contributed by atoms with E-state index in [-0.39, 0.29) is 5.91 Å². The number of benzene rings is 1. The van der Waals surface area contributed by atoms with Crippen LogP contribution in [0.5, 0.6) is 0 Å². The SMILES string of the molecule is CN(C)C(=O)c1cc2ccc(Nc3nccc(-c4cc(Cl)ccn4)n3)cc2[nH]1. The standard InChI is InChI=1S/C20H17ClN6O/c1-27(2)19(28)18-9-12-3-4-14(11-16(12)25-18)24-20-23-8-6-15(26-20)17-10-13(21)5-7-22-17/h3-11,25H,1-2H3,(H,23,24,26). The summed E-state index contributed by atoms with van der Waals surface area (Å²) in [5, 5.41) is 4.73. The second kappa shape index (κ2) is 7.28. The topological polar surface area (TPSA) is 86.8 Å². The Balaban J connectivity index is 1.61. The van der Waals surface area contributed by atoms with Crippen molar-refractivity contribution in [3.05, 3.63) is 65.6 Å². The molecule has 0 aliphatic carbocycles. The molecule has 0 atom stereocenters. The van der Waals surface area contributed by atoms with Gasteiger partial charge in [0.1, 0.15) is 5.69 Å². The van der Waals surface area contributed by atoms with E-state index in [0.29, 0.717) is 28.1 Å². The Morgan fingerprint density at radius 2 is 1.86 bits per heavy atom. The number of aromatic nitrogens is 4. The first kappa shape index (κ1) is 17.9. The van der Waals surface area contributed by atoms with Crippen molar-refractivity contribution in [2.24, 2.45) is 0 Å². The number of carbonyl (C=O) groups excluding carboxylic acids is 1. The number of fused-ring (bicyclic) bond motifs is 1. The smallest absolute Gasteiger partial charge is 0.269 e. The molecule has 0 saturated carbocycles. The normalized spacial score (nSPS) is 10.8. The number of amides is 1. The summed E-state index contributed by atoms with van der Waals surface area (Å²) in [4.78, 5) is 29.9. The summed E-state index contributed by atoms with van der Waals surface area (Å²) in [6.45, 7) is 0. The van der Waals surface area contributed by atoms with Gasteiger partial charge < -0.3 is 15.2 Å². The predicted octanol–water partition coefficient (Wildman–Crippen LogP) is 4.12. The quantitative estimate of drug-likeness (QED) is 0.545. The van der Waals surface area contributed by atoms with Crippen molar-refractivity contribution in [3.63, 3.8) is 0 Å². The highest BCUT2D eigenvalue weighted by Gasteiger charge is 2.12. The zero-order valence-electron chi connectivity index (χ0n) is 15.3. The van der Waals surface area contributed by atoms with E-state index in [1.807, 2.05) is 24.3 Å². The average molecular weight is 393 g/mol. The van der Waals surface area contributed by atoms with Gasteiger partial charge >= 0.3 is 0 Å². The van der Waals surface area contributed by atoms with Gasteiger partial charge in [-0.2, -0.15) is 0 Å². The molecule has 0 radical (unpaired) electrons. The average Bonchev–Trinajstić information content (AvgIpc) is 3.11. The van der Waals surface area contributed by atoms with E-state index >= 15 is 0 Å². The van der Waals surface area contributed by atoms with Gasteiger partial charge in [-0.3, -0.25) is 9.78 Å². The van der Waals surface area contributed by atoms with Gasteiger partial charge in [0.05, 0.1) is 11.4 Å². The van der Waals surface area contributed by atoms with E-state index in [9.17, 15) is 4.79 Å². The number of rotatable bonds is 4. The molecule has 3 aromatic heterocycles. The first-order valence-electron chi connectivity index (χ1n) is 8.56. The molecule has 2 N–H and O–H groups in total. The third kappa shape index (κ3) is 3.65. The molecule has 3 heterocycles. The molecule has 0 spiro atoms. The number of aromatic amines is 1. The van der Waals surface area contributed by atoms with E-state index in [2.05, 4.69) is 25.3 Å². The molecular formula is C20H17ClN6O. The van der Waals surface area contributed by atoms with Crippen LogP contribution in [0.2, 0.25) is 5.02 Å². The molecular weight excluding hydrogens is 376 g/mol. The number of nitrogens with one attached hydrogen (secondary N) is 2. The number of hydrogen-bond acceptors (Lipinski definition) is 5. The Kier molecular flexibility index (Phi) is 4.67. The Hall–Kier alpha value is -3.45. The van der Waals surface area contributed by atoms with Crippen LogP contribution in [-0.4, -0.2) is 44.8 Å². The molecule has 1 amide bonds. The molecule has 8 heteroatoms. The van der Waals surface area contributed by atoms with Crippen LogP contribution in [0, 0.1) is 0 Å². The summed E-state index contributed by atoms with van der Waals surface area (Å²) < 4.78 is 0. The van der Waals surface area contributed by atoms with Crippen LogP contribution in [0.3, 0.4) is 0 Å². The minimum atomic E-state index is -0.0734. The lowest BCUT2D eigenvalue weighted by atomic mass is 10.2. The number of H-pyrrole nitrogens is 1. The molecule has 140 valence electrons. The Bertz CT molecular complexity index is 1170. The van der Waals surface area contributed by atoms with E-state index in [4.69, 9.17) is 11.6 Å². The predicted molar refractivity (Wildman–Crippen MR) is 110 cm³/mol. The van der Waals surface area contributed by atoms with E-state index in [1.165, 1.54) is 4.90 Å². The van der Waals surface area contributed by atoms with Gasteiger partial charge in [-0.25, -0.2) is 9.97 Å². The Morgan fingerprint density at radius 3 is 2.64 bits per heavy atom. The maximum Gasteiger partial charge on any atom is 0.269 e.